The van der Waals surface area contributed by atoms with Crippen LogP contribution in [0.2, 0.25) is 5.02 Å². The van der Waals surface area contributed by atoms with Crippen LogP contribution in [0.1, 0.15) is 16.1 Å². The number of nitrogens with one attached hydrogen (secondary N) is 1. The summed E-state index contributed by atoms with van der Waals surface area (Å²) in [7, 11) is 2.99. The number of ether oxygens (including phenoxy) is 3. The molecule has 7 nitrogen and oxygen atoms in total. The molecule has 1 N–H and O–H groups in total. The molecule has 0 saturated heterocycles. The van der Waals surface area contributed by atoms with E-state index in [1.54, 1.807) is 23.6 Å². The highest BCUT2D eigenvalue weighted by Gasteiger charge is 2.13. The average Bonchev–Trinajstić information content (AvgIpc) is 3.24. The van der Waals surface area contributed by atoms with Gasteiger partial charge in [-0.25, -0.2) is 4.98 Å². The first-order valence-corrected chi connectivity index (χ1v) is 10.1. The second-order valence-corrected chi connectivity index (χ2v) is 7.30. The lowest BCUT2D eigenvalue weighted by Crippen LogP contribution is -2.30. The van der Waals surface area contributed by atoms with E-state index in [1.165, 1.54) is 31.6 Å². The van der Waals surface area contributed by atoms with E-state index in [9.17, 15) is 9.59 Å². The molecule has 0 radical (unpaired) electrons. The van der Waals surface area contributed by atoms with Crippen LogP contribution in [0.5, 0.6) is 11.5 Å². The van der Waals surface area contributed by atoms with Crippen LogP contribution in [-0.4, -0.2) is 37.6 Å². The standard InChI is InChI=1S/C21H19ClN2O5S/c1-27-17-8-7-13(9-18(17)28-2)20(26)23-10-19(25)29-11-14-12-30-21(24-14)15-5-3-4-6-16(15)22/h3-9,12H,10-11H2,1-2H3,(H,23,26). The number of aromatic nitrogens is 1. The number of methoxy groups -OCH3 is 2. The smallest absolute Gasteiger partial charge is 0.325 e. The number of benzene rings is 2. The first-order chi connectivity index (χ1) is 14.5. The monoisotopic (exact) mass is 446 g/mol. The van der Waals surface area contributed by atoms with Crippen molar-refractivity contribution < 1.29 is 23.8 Å². The summed E-state index contributed by atoms with van der Waals surface area (Å²) in [6.45, 7) is -0.263. The van der Waals surface area contributed by atoms with Gasteiger partial charge in [0, 0.05) is 16.5 Å². The van der Waals surface area contributed by atoms with E-state index < -0.39 is 11.9 Å². The molecule has 9 heteroatoms. The molecule has 0 aliphatic heterocycles. The number of amides is 1. The topological polar surface area (TPSA) is 86.8 Å². The minimum atomic E-state index is -0.573. The summed E-state index contributed by atoms with van der Waals surface area (Å²) >= 11 is 7.59. The number of rotatable bonds is 8. The molecule has 1 amide bonds. The van der Waals surface area contributed by atoms with Gasteiger partial charge in [0.1, 0.15) is 18.2 Å². The van der Waals surface area contributed by atoms with Crippen molar-refractivity contribution in [1.82, 2.24) is 10.3 Å². The van der Waals surface area contributed by atoms with Gasteiger partial charge in [-0.15, -0.1) is 11.3 Å². The molecule has 0 fully saturated rings. The van der Waals surface area contributed by atoms with Crippen LogP contribution in [0.15, 0.2) is 47.8 Å². The molecule has 0 atom stereocenters. The Labute approximate surface area is 182 Å². The summed E-state index contributed by atoms with van der Waals surface area (Å²) in [4.78, 5) is 28.7. The van der Waals surface area contributed by atoms with Crippen molar-refractivity contribution in [3.63, 3.8) is 0 Å². The molecule has 1 aromatic heterocycles. The number of halogens is 1. The molecule has 0 bridgehead atoms. The van der Waals surface area contributed by atoms with Crippen molar-refractivity contribution in [2.75, 3.05) is 20.8 Å². The lowest BCUT2D eigenvalue weighted by Gasteiger charge is -2.10. The molecule has 30 heavy (non-hydrogen) atoms. The largest absolute Gasteiger partial charge is 0.493 e. The molecule has 0 spiro atoms. The van der Waals surface area contributed by atoms with E-state index in [0.29, 0.717) is 27.8 Å². The summed E-state index contributed by atoms with van der Waals surface area (Å²) in [6, 6.07) is 12.1. The zero-order valence-electron chi connectivity index (χ0n) is 16.3. The Bertz CT molecular complexity index is 1050. The highest BCUT2D eigenvalue weighted by molar-refractivity contribution is 7.13. The fourth-order valence-electron chi connectivity index (χ4n) is 2.57. The highest BCUT2D eigenvalue weighted by Crippen LogP contribution is 2.30. The van der Waals surface area contributed by atoms with Crippen LogP contribution < -0.4 is 14.8 Å². The van der Waals surface area contributed by atoms with Gasteiger partial charge in [0.25, 0.3) is 5.91 Å². The first kappa shape index (κ1) is 21.6. The molecule has 1 heterocycles. The van der Waals surface area contributed by atoms with Gasteiger partial charge in [-0.3, -0.25) is 9.59 Å². The second kappa shape index (κ2) is 10.1. The molecule has 2 aromatic carbocycles. The first-order valence-electron chi connectivity index (χ1n) is 8.87. The zero-order valence-corrected chi connectivity index (χ0v) is 17.9. The second-order valence-electron chi connectivity index (χ2n) is 6.04. The molecular weight excluding hydrogens is 428 g/mol. The summed E-state index contributed by atoms with van der Waals surface area (Å²) in [5, 5.41) is 5.67. The molecule has 0 aliphatic carbocycles. The van der Waals surface area contributed by atoms with Crippen molar-refractivity contribution in [2.45, 2.75) is 6.61 Å². The van der Waals surface area contributed by atoms with Crippen molar-refractivity contribution in [1.29, 1.82) is 0 Å². The SMILES string of the molecule is COc1ccc(C(=O)NCC(=O)OCc2csc(-c3ccccc3Cl)n2)cc1OC. The average molecular weight is 447 g/mol. The quantitative estimate of drug-likeness (QED) is 0.527. The Morgan fingerprint density at radius 1 is 1.10 bits per heavy atom. The van der Waals surface area contributed by atoms with Crippen LogP contribution in [0.4, 0.5) is 0 Å². The van der Waals surface area contributed by atoms with Gasteiger partial charge in [0.2, 0.25) is 0 Å². The minimum Gasteiger partial charge on any atom is -0.493 e. The fraction of sp³-hybridized carbons (Fsp3) is 0.190. The molecule has 0 aliphatic rings. The number of carbonyl (C=O) groups is 2. The van der Waals surface area contributed by atoms with Gasteiger partial charge in [-0.05, 0) is 24.3 Å². The molecule has 156 valence electrons. The van der Waals surface area contributed by atoms with Crippen LogP contribution in [-0.2, 0) is 16.1 Å². The van der Waals surface area contributed by atoms with Gasteiger partial charge in [-0.1, -0.05) is 29.8 Å². The number of nitrogens with zero attached hydrogens (tertiary/aromatic N) is 1. The highest BCUT2D eigenvalue weighted by atomic mass is 35.5. The zero-order chi connectivity index (χ0) is 21.5. The van der Waals surface area contributed by atoms with Crippen molar-refractivity contribution in [3.8, 4) is 22.1 Å². The number of hydrogen-bond donors (Lipinski definition) is 1. The van der Waals surface area contributed by atoms with E-state index in [1.807, 2.05) is 18.2 Å². The van der Waals surface area contributed by atoms with E-state index in [4.69, 9.17) is 25.8 Å². The van der Waals surface area contributed by atoms with Crippen molar-refractivity contribution >= 4 is 34.8 Å². The van der Waals surface area contributed by atoms with Crippen LogP contribution in [0.3, 0.4) is 0 Å². The third-order valence-corrected chi connectivity index (χ3v) is 5.33. The maximum atomic E-state index is 12.2. The summed E-state index contributed by atoms with van der Waals surface area (Å²) in [5.41, 5.74) is 1.77. The van der Waals surface area contributed by atoms with Gasteiger partial charge >= 0.3 is 5.97 Å². The van der Waals surface area contributed by atoms with Gasteiger partial charge in [0.05, 0.1) is 24.9 Å². The van der Waals surface area contributed by atoms with Gasteiger partial charge in [-0.2, -0.15) is 0 Å². The molecule has 0 unspecified atom stereocenters. The summed E-state index contributed by atoms with van der Waals surface area (Å²) in [6.07, 6.45) is 0. The Balaban J connectivity index is 1.51. The van der Waals surface area contributed by atoms with E-state index >= 15 is 0 Å². The van der Waals surface area contributed by atoms with E-state index in [0.717, 1.165) is 10.6 Å². The molecule has 3 aromatic rings. The lowest BCUT2D eigenvalue weighted by molar-refractivity contribution is -0.143. The van der Waals surface area contributed by atoms with Crippen LogP contribution in [0.25, 0.3) is 10.6 Å². The number of hydrogen-bond acceptors (Lipinski definition) is 7. The van der Waals surface area contributed by atoms with E-state index in [2.05, 4.69) is 10.3 Å². The maximum absolute atomic E-state index is 12.2. The van der Waals surface area contributed by atoms with E-state index in [-0.39, 0.29) is 13.2 Å². The minimum absolute atomic E-state index is 0.00597. The third-order valence-electron chi connectivity index (χ3n) is 4.08. The molecule has 3 rings (SSSR count). The van der Waals surface area contributed by atoms with Crippen LogP contribution >= 0.6 is 22.9 Å². The Morgan fingerprint density at radius 2 is 1.87 bits per heavy atom. The predicted molar refractivity (Wildman–Crippen MR) is 114 cm³/mol. The summed E-state index contributed by atoms with van der Waals surface area (Å²) < 4.78 is 15.5. The number of thiazole rings is 1. The van der Waals surface area contributed by atoms with Gasteiger partial charge in [0.15, 0.2) is 11.5 Å². The van der Waals surface area contributed by atoms with Crippen LogP contribution in [0, 0.1) is 0 Å². The van der Waals surface area contributed by atoms with Crippen molar-refractivity contribution in [3.05, 3.63) is 64.1 Å². The Hall–Kier alpha value is -3.10. The normalized spacial score (nSPS) is 10.4. The third kappa shape index (κ3) is 5.28. The summed E-state index contributed by atoms with van der Waals surface area (Å²) in [5.74, 6) is -0.0721. The molecular formula is C21H19ClN2O5S. The Morgan fingerprint density at radius 3 is 2.60 bits per heavy atom. The number of carbonyl (C=O) groups excluding carboxylic acids is 2. The maximum Gasteiger partial charge on any atom is 0.325 e. The fourth-order valence-corrected chi connectivity index (χ4v) is 3.69. The van der Waals surface area contributed by atoms with Gasteiger partial charge < -0.3 is 19.5 Å². The Kier molecular flexibility index (Phi) is 7.26. The predicted octanol–water partition coefficient (Wildman–Crippen LogP) is 3.95. The van der Waals surface area contributed by atoms with Crippen molar-refractivity contribution in [2.24, 2.45) is 0 Å². The lowest BCUT2D eigenvalue weighted by atomic mass is 10.2. The molecule has 0 saturated carbocycles. The number of esters is 1.